The van der Waals surface area contributed by atoms with Crippen molar-refractivity contribution < 1.29 is 9.63 Å². The topological polar surface area (TPSA) is 113 Å². The SMILES string of the molecule is OC1(c2nc(-c3ncn[nH]3)no2)CCCNC1. The highest BCUT2D eigenvalue weighted by atomic mass is 16.5. The Morgan fingerprint density at radius 2 is 2.41 bits per heavy atom. The fourth-order valence-electron chi connectivity index (χ4n) is 1.89. The molecule has 3 rings (SSSR count). The van der Waals surface area contributed by atoms with Gasteiger partial charge in [0.2, 0.25) is 5.82 Å². The average molecular weight is 236 g/mol. The van der Waals surface area contributed by atoms with Gasteiger partial charge in [-0.3, -0.25) is 5.10 Å². The van der Waals surface area contributed by atoms with Crippen molar-refractivity contribution in [1.82, 2.24) is 30.6 Å². The van der Waals surface area contributed by atoms with Crippen molar-refractivity contribution in [1.29, 1.82) is 0 Å². The van der Waals surface area contributed by atoms with Crippen molar-refractivity contribution >= 4 is 0 Å². The molecule has 0 bridgehead atoms. The predicted molar refractivity (Wildman–Crippen MR) is 55.7 cm³/mol. The normalized spacial score (nSPS) is 25.0. The molecule has 17 heavy (non-hydrogen) atoms. The molecule has 0 aliphatic carbocycles. The smallest absolute Gasteiger partial charge is 0.260 e. The molecule has 1 aliphatic rings. The second-order valence-corrected chi connectivity index (χ2v) is 4.07. The van der Waals surface area contributed by atoms with Crippen LogP contribution >= 0.6 is 0 Å². The number of aliphatic hydroxyl groups is 1. The van der Waals surface area contributed by atoms with Gasteiger partial charge in [0.15, 0.2) is 11.4 Å². The standard InChI is InChI=1S/C9H12N6O2/c16-9(2-1-3-10-4-9)8-13-7(15-17-8)6-11-5-12-14-6/h5,10,16H,1-4H2,(H,11,12,14). The Balaban J connectivity index is 1.89. The van der Waals surface area contributed by atoms with Gasteiger partial charge < -0.3 is 14.9 Å². The zero-order valence-electron chi connectivity index (χ0n) is 9.05. The lowest BCUT2D eigenvalue weighted by Crippen LogP contribution is -2.43. The molecule has 3 heterocycles. The van der Waals surface area contributed by atoms with Gasteiger partial charge >= 0.3 is 0 Å². The van der Waals surface area contributed by atoms with Crippen LogP contribution in [0.1, 0.15) is 18.7 Å². The van der Waals surface area contributed by atoms with E-state index >= 15 is 0 Å². The van der Waals surface area contributed by atoms with E-state index in [2.05, 4.69) is 30.6 Å². The molecule has 0 saturated carbocycles. The van der Waals surface area contributed by atoms with Gasteiger partial charge in [0.1, 0.15) is 6.33 Å². The van der Waals surface area contributed by atoms with Gasteiger partial charge in [-0.25, -0.2) is 4.98 Å². The van der Waals surface area contributed by atoms with Crippen LogP contribution in [-0.2, 0) is 5.60 Å². The van der Waals surface area contributed by atoms with Gasteiger partial charge in [-0.15, -0.1) is 0 Å². The molecule has 8 nitrogen and oxygen atoms in total. The van der Waals surface area contributed by atoms with E-state index in [9.17, 15) is 5.11 Å². The second kappa shape index (κ2) is 3.90. The number of aromatic amines is 1. The van der Waals surface area contributed by atoms with Gasteiger partial charge in [0.25, 0.3) is 5.89 Å². The highest BCUT2D eigenvalue weighted by Crippen LogP contribution is 2.27. The number of nitrogens with one attached hydrogen (secondary N) is 2. The number of rotatable bonds is 2. The maximum absolute atomic E-state index is 10.3. The highest BCUT2D eigenvalue weighted by molar-refractivity contribution is 5.39. The molecule has 0 radical (unpaired) electrons. The molecule has 0 amide bonds. The minimum absolute atomic E-state index is 0.219. The zero-order chi connectivity index (χ0) is 11.7. The summed E-state index contributed by atoms with van der Waals surface area (Å²) in [6, 6.07) is 0. The Bertz CT molecular complexity index is 487. The number of hydrogen-bond donors (Lipinski definition) is 3. The average Bonchev–Trinajstić information content (AvgIpc) is 3.01. The molecule has 0 spiro atoms. The Labute approximate surface area is 96.5 Å². The molecular weight excluding hydrogens is 224 g/mol. The van der Waals surface area contributed by atoms with Crippen molar-refractivity contribution in [2.45, 2.75) is 18.4 Å². The van der Waals surface area contributed by atoms with E-state index in [-0.39, 0.29) is 5.89 Å². The van der Waals surface area contributed by atoms with Crippen molar-refractivity contribution in [3.8, 4) is 11.6 Å². The number of piperidine rings is 1. The van der Waals surface area contributed by atoms with E-state index in [1.807, 2.05) is 0 Å². The summed E-state index contributed by atoms with van der Waals surface area (Å²) < 4.78 is 5.09. The summed E-state index contributed by atoms with van der Waals surface area (Å²) in [6.45, 7) is 1.32. The molecule has 0 aromatic carbocycles. The third-order valence-corrected chi connectivity index (χ3v) is 2.81. The monoisotopic (exact) mass is 236 g/mol. The van der Waals surface area contributed by atoms with E-state index in [1.165, 1.54) is 6.33 Å². The van der Waals surface area contributed by atoms with Crippen LogP contribution < -0.4 is 5.32 Å². The first-order valence-corrected chi connectivity index (χ1v) is 5.41. The second-order valence-electron chi connectivity index (χ2n) is 4.07. The van der Waals surface area contributed by atoms with E-state index in [4.69, 9.17) is 4.52 Å². The maximum Gasteiger partial charge on any atom is 0.260 e. The summed E-state index contributed by atoms with van der Waals surface area (Å²) in [5.74, 6) is 0.944. The van der Waals surface area contributed by atoms with Crippen LogP contribution in [0.5, 0.6) is 0 Å². The molecule has 1 aliphatic heterocycles. The summed E-state index contributed by atoms with van der Waals surface area (Å²) in [5, 5.41) is 23.6. The molecule has 1 fully saturated rings. The van der Waals surface area contributed by atoms with Crippen LogP contribution in [0.15, 0.2) is 10.9 Å². The maximum atomic E-state index is 10.3. The molecule has 1 saturated heterocycles. The highest BCUT2D eigenvalue weighted by Gasteiger charge is 2.37. The lowest BCUT2D eigenvalue weighted by Gasteiger charge is -2.28. The summed E-state index contributed by atoms with van der Waals surface area (Å²) in [6.07, 6.45) is 2.84. The summed E-state index contributed by atoms with van der Waals surface area (Å²) in [5.41, 5.74) is -1.08. The molecule has 1 atom stereocenters. The number of hydrogen-bond acceptors (Lipinski definition) is 7. The third kappa shape index (κ3) is 1.81. The fraction of sp³-hybridized carbons (Fsp3) is 0.556. The van der Waals surface area contributed by atoms with Crippen LogP contribution in [0.25, 0.3) is 11.6 Å². The summed E-state index contributed by atoms with van der Waals surface area (Å²) in [7, 11) is 0. The lowest BCUT2D eigenvalue weighted by molar-refractivity contribution is -0.0167. The number of β-amino-alcohol motifs (C(OH)–C–C–N with tert-alkyl or cyclic N) is 1. The van der Waals surface area contributed by atoms with E-state index in [1.54, 1.807) is 0 Å². The Hall–Kier alpha value is -1.80. The number of H-pyrrole nitrogens is 1. The third-order valence-electron chi connectivity index (χ3n) is 2.81. The van der Waals surface area contributed by atoms with Gasteiger partial charge in [0, 0.05) is 6.54 Å². The lowest BCUT2D eigenvalue weighted by atomic mass is 9.94. The van der Waals surface area contributed by atoms with Gasteiger partial charge in [-0.1, -0.05) is 5.16 Å². The predicted octanol–water partition coefficient (Wildman–Crippen LogP) is -0.574. The minimum atomic E-state index is -1.08. The summed E-state index contributed by atoms with van der Waals surface area (Å²) >= 11 is 0. The molecule has 2 aromatic rings. The first-order valence-electron chi connectivity index (χ1n) is 5.41. The molecule has 8 heteroatoms. The van der Waals surface area contributed by atoms with Gasteiger partial charge in [0.05, 0.1) is 0 Å². The molecular formula is C9H12N6O2. The number of aromatic nitrogens is 5. The minimum Gasteiger partial charge on any atom is -0.379 e. The van der Waals surface area contributed by atoms with Crippen LogP contribution in [0.4, 0.5) is 0 Å². The Kier molecular flexibility index (Phi) is 2.37. The van der Waals surface area contributed by atoms with Crippen molar-refractivity contribution in [2.75, 3.05) is 13.1 Å². The van der Waals surface area contributed by atoms with Crippen molar-refractivity contribution in [2.24, 2.45) is 0 Å². The van der Waals surface area contributed by atoms with Gasteiger partial charge in [-0.2, -0.15) is 10.1 Å². The first-order chi connectivity index (χ1) is 8.28. The molecule has 2 aromatic heterocycles. The summed E-state index contributed by atoms with van der Waals surface area (Å²) in [4.78, 5) is 8.07. The van der Waals surface area contributed by atoms with Crippen molar-refractivity contribution in [3.63, 3.8) is 0 Å². The largest absolute Gasteiger partial charge is 0.379 e. The van der Waals surface area contributed by atoms with Crippen molar-refractivity contribution in [3.05, 3.63) is 12.2 Å². The van der Waals surface area contributed by atoms with E-state index < -0.39 is 5.60 Å². The molecule has 90 valence electrons. The Morgan fingerprint density at radius 3 is 3.12 bits per heavy atom. The van der Waals surface area contributed by atoms with Gasteiger partial charge in [-0.05, 0) is 19.4 Å². The fourth-order valence-corrected chi connectivity index (χ4v) is 1.89. The van der Waals surface area contributed by atoms with E-state index in [0.717, 1.165) is 13.0 Å². The van der Waals surface area contributed by atoms with Crippen LogP contribution in [0.2, 0.25) is 0 Å². The first kappa shape index (κ1) is 10.4. The molecule has 1 unspecified atom stereocenters. The number of nitrogens with zero attached hydrogens (tertiary/aromatic N) is 4. The van der Waals surface area contributed by atoms with E-state index in [0.29, 0.717) is 24.6 Å². The Morgan fingerprint density at radius 1 is 1.47 bits per heavy atom. The van der Waals surface area contributed by atoms with Crippen LogP contribution in [0, 0.1) is 0 Å². The molecule has 3 N–H and O–H groups in total. The van der Waals surface area contributed by atoms with Crippen LogP contribution in [0.3, 0.4) is 0 Å². The quantitative estimate of drug-likeness (QED) is 0.639. The van der Waals surface area contributed by atoms with Crippen LogP contribution in [-0.4, -0.2) is 43.5 Å². The zero-order valence-corrected chi connectivity index (χ0v) is 9.05.